The van der Waals surface area contributed by atoms with Crippen LogP contribution in [-0.4, -0.2) is 52.8 Å². The summed E-state index contributed by atoms with van der Waals surface area (Å²) in [7, 11) is 0. The Hall–Kier alpha value is -1.67. The van der Waals surface area contributed by atoms with Crippen molar-refractivity contribution in [3.05, 3.63) is 41.2 Å². The van der Waals surface area contributed by atoms with Crippen molar-refractivity contribution < 1.29 is 34.0 Å². The zero-order valence-corrected chi connectivity index (χ0v) is 20.4. The van der Waals surface area contributed by atoms with Crippen LogP contribution in [0.5, 0.6) is 5.75 Å². The molecule has 190 valence electrons. The number of ether oxygens (including phenoxy) is 2. The van der Waals surface area contributed by atoms with Crippen molar-refractivity contribution in [2.45, 2.75) is 70.2 Å². The van der Waals surface area contributed by atoms with Crippen LogP contribution >= 0.6 is 11.6 Å². The summed E-state index contributed by atoms with van der Waals surface area (Å²) in [6.07, 6.45) is 7.39. The first-order valence-electron chi connectivity index (χ1n) is 12.2. The zero-order chi connectivity index (χ0) is 24.7. The van der Waals surface area contributed by atoms with E-state index >= 15 is 0 Å². The minimum absolute atomic E-state index is 0.0385. The number of carboxylic acid groups (broad SMARTS) is 1. The quantitative estimate of drug-likeness (QED) is 0.377. The second kappa shape index (κ2) is 12.9. The van der Waals surface area contributed by atoms with Crippen molar-refractivity contribution >= 4 is 17.6 Å². The summed E-state index contributed by atoms with van der Waals surface area (Å²) in [5.74, 6) is -0.940. The Labute approximate surface area is 205 Å². The Morgan fingerprint density at radius 3 is 2.82 bits per heavy atom. The number of aliphatic hydroxyl groups is 2. The van der Waals surface area contributed by atoms with Crippen LogP contribution in [0.1, 0.15) is 51.9 Å². The average molecular weight is 499 g/mol. The molecule has 6 nitrogen and oxygen atoms in total. The van der Waals surface area contributed by atoms with Gasteiger partial charge in [-0.2, -0.15) is 0 Å². The van der Waals surface area contributed by atoms with Gasteiger partial charge in [0, 0.05) is 30.0 Å². The summed E-state index contributed by atoms with van der Waals surface area (Å²) in [4.78, 5) is 11.4. The predicted octanol–water partition coefficient (Wildman–Crippen LogP) is 4.85. The molecule has 1 aliphatic carbocycles. The minimum atomic E-state index is -0.917. The maximum Gasteiger partial charge on any atom is 0.306 e. The van der Waals surface area contributed by atoms with Crippen molar-refractivity contribution in [3.8, 4) is 5.75 Å². The summed E-state index contributed by atoms with van der Waals surface area (Å²) in [5, 5.41) is 30.5. The molecule has 3 rings (SSSR count). The van der Waals surface area contributed by atoms with Gasteiger partial charge in [0.2, 0.25) is 0 Å². The molecule has 0 spiro atoms. The Balaban J connectivity index is 1.51. The van der Waals surface area contributed by atoms with Gasteiger partial charge >= 0.3 is 5.97 Å². The third kappa shape index (κ3) is 7.67. The van der Waals surface area contributed by atoms with E-state index in [1.165, 1.54) is 18.2 Å². The maximum atomic E-state index is 13.4. The molecule has 0 radical (unpaired) electrons. The number of hydrogen-bond acceptors (Lipinski definition) is 5. The molecule has 34 heavy (non-hydrogen) atoms. The normalized spacial score (nSPS) is 28.9. The van der Waals surface area contributed by atoms with E-state index in [0.29, 0.717) is 31.8 Å². The minimum Gasteiger partial charge on any atom is -0.490 e. The first kappa shape index (κ1) is 26.9. The van der Waals surface area contributed by atoms with E-state index in [2.05, 4.69) is 0 Å². The first-order chi connectivity index (χ1) is 16.3. The molecular weight excluding hydrogens is 463 g/mol. The lowest BCUT2D eigenvalue weighted by atomic mass is 9.85. The molecule has 3 N–H and O–H groups in total. The van der Waals surface area contributed by atoms with Gasteiger partial charge in [-0.15, -0.1) is 0 Å². The summed E-state index contributed by atoms with van der Waals surface area (Å²) in [6, 6.07) is 3.86. The van der Waals surface area contributed by atoms with Gasteiger partial charge in [-0.25, -0.2) is 4.39 Å². The fourth-order valence-corrected chi connectivity index (χ4v) is 5.44. The molecule has 2 aliphatic rings. The van der Waals surface area contributed by atoms with Gasteiger partial charge in [0.15, 0.2) is 0 Å². The first-order valence-corrected chi connectivity index (χ1v) is 12.6. The molecule has 7 atom stereocenters. The number of aliphatic hydroxyl groups excluding tert-OH is 2. The number of fused-ring (bicyclic) bond motifs is 1. The third-order valence-corrected chi connectivity index (χ3v) is 7.28. The highest BCUT2D eigenvalue weighted by atomic mass is 35.5. The molecule has 1 aliphatic heterocycles. The highest BCUT2D eigenvalue weighted by Crippen LogP contribution is 2.42. The monoisotopic (exact) mass is 498 g/mol. The van der Waals surface area contributed by atoms with Gasteiger partial charge in [-0.1, -0.05) is 37.1 Å². The van der Waals surface area contributed by atoms with Gasteiger partial charge in [0.25, 0.3) is 0 Å². The highest BCUT2D eigenvalue weighted by molar-refractivity contribution is 6.30. The maximum absolute atomic E-state index is 13.4. The smallest absolute Gasteiger partial charge is 0.306 e. The van der Waals surface area contributed by atoms with Crippen molar-refractivity contribution in [2.24, 2.45) is 23.7 Å². The number of benzene rings is 1. The van der Waals surface area contributed by atoms with Crippen LogP contribution in [0.2, 0.25) is 5.02 Å². The fraction of sp³-hybridized carbons (Fsp3) is 0.654. The van der Waals surface area contributed by atoms with Gasteiger partial charge in [0.1, 0.15) is 24.3 Å². The number of carboxylic acids is 1. The molecule has 1 saturated heterocycles. The van der Waals surface area contributed by atoms with E-state index in [1.54, 1.807) is 6.08 Å². The van der Waals surface area contributed by atoms with E-state index < -0.39 is 24.0 Å². The van der Waals surface area contributed by atoms with Crippen LogP contribution in [0.3, 0.4) is 0 Å². The second-order valence-corrected chi connectivity index (χ2v) is 10.1. The molecular formula is C26H36ClFO6. The lowest BCUT2D eigenvalue weighted by Crippen LogP contribution is -2.22. The van der Waals surface area contributed by atoms with E-state index in [9.17, 15) is 24.5 Å². The van der Waals surface area contributed by atoms with E-state index in [0.717, 1.165) is 25.7 Å². The standard InChI is InChI=1S/C26H36ClFO6/c1-2-3-17(26(31)32)6-4-16-5-8-23-22(24(30)13-25(23)34-14-16)9-7-20(29)15-33-21-11-18(27)10-19(28)12-21/h7,9-12,16-17,20,22-25,29-30H,2-6,8,13-15H2,1H3,(H,31,32)/b9-7+/t16-,17?,20-,22-,23-,24-,25+/m1/s1. The number of hydrogen-bond donors (Lipinski definition) is 3. The molecule has 1 saturated carbocycles. The van der Waals surface area contributed by atoms with Gasteiger partial charge in [0.05, 0.1) is 18.1 Å². The van der Waals surface area contributed by atoms with Crippen LogP contribution in [0.25, 0.3) is 0 Å². The van der Waals surface area contributed by atoms with Crippen molar-refractivity contribution in [1.29, 1.82) is 0 Å². The van der Waals surface area contributed by atoms with E-state index in [4.69, 9.17) is 21.1 Å². The van der Waals surface area contributed by atoms with Crippen molar-refractivity contribution in [2.75, 3.05) is 13.2 Å². The molecule has 1 heterocycles. The molecule has 2 fully saturated rings. The topological polar surface area (TPSA) is 96.2 Å². The molecule has 1 aromatic carbocycles. The fourth-order valence-electron chi connectivity index (χ4n) is 5.23. The molecule has 1 aromatic rings. The largest absolute Gasteiger partial charge is 0.490 e. The average Bonchev–Trinajstić information content (AvgIpc) is 2.94. The molecule has 0 amide bonds. The zero-order valence-electron chi connectivity index (χ0n) is 19.6. The lowest BCUT2D eigenvalue weighted by molar-refractivity contribution is -0.142. The van der Waals surface area contributed by atoms with Gasteiger partial charge in [-0.05, 0) is 56.1 Å². The van der Waals surface area contributed by atoms with Crippen molar-refractivity contribution in [1.82, 2.24) is 0 Å². The van der Waals surface area contributed by atoms with Gasteiger partial charge < -0.3 is 24.8 Å². The predicted molar refractivity (Wildman–Crippen MR) is 127 cm³/mol. The number of halogens is 2. The van der Waals surface area contributed by atoms with Gasteiger partial charge in [-0.3, -0.25) is 4.79 Å². The summed E-state index contributed by atoms with van der Waals surface area (Å²) in [6.45, 7) is 2.54. The number of aliphatic carboxylic acids is 1. The third-order valence-electron chi connectivity index (χ3n) is 7.07. The van der Waals surface area contributed by atoms with Crippen LogP contribution in [-0.2, 0) is 9.53 Å². The summed E-state index contributed by atoms with van der Waals surface area (Å²) < 4.78 is 25.0. The number of carbonyl (C=O) groups is 1. The Morgan fingerprint density at radius 2 is 2.12 bits per heavy atom. The number of rotatable bonds is 11. The van der Waals surface area contributed by atoms with E-state index in [-0.39, 0.29) is 41.2 Å². The summed E-state index contributed by atoms with van der Waals surface area (Å²) >= 11 is 5.82. The highest BCUT2D eigenvalue weighted by Gasteiger charge is 2.43. The van der Waals surface area contributed by atoms with Crippen LogP contribution in [0.15, 0.2) is 30.4 Å². The molecule has 8 heteroatoms. The van der Waals surface area contributed by atoms with Crippen molar-refractivity contribution in [3.63, 3.8) is 0 Å². The van der Waals surface area contributed by atoms with Crippen LogP contribution in [0, 0.1) is 29.5 Å². The second-order valence-electron chi connectivity index (χ2n) is 9.63. The molecule has 0 bridgehead atoms. The van der Waals surface area contributed by atoms with E-state index in [1.807, 2.05) is 13.0 Å². The van der Waals surface area contributed by atoms with Crippen LogP contribution < -0.4 is 4.74 Å². The molecule has 1 unspecified atom stereocenters. The Morgan fingerprint density at radius 1 is 1.32 bits per heavy atom. The SMILES string of the molecule is CCCC(CC[C@@H]1CC[C@@H]2[C@@H](/C=C/[C@@H](O)COc3cc(F)cc(Cl)c3)[C@H](O)C[C@@H]2OC1)C(=O)O. The lowest BCUT2D eigenvalue weighted by Gasteiger charge is -2.21. The van der Waals surface area contributed by atoms with Crippen LogP contribution in [0.4, 0.5) is 4.39 Å². The molecule has 0 aromatic heterocycles. The Bertz CT molecular complexity index is 813. The Kier molecular flexibility index (Phi) is 10.2. The summed E-state index contributed by atoms with van der Waals surface area (Å²) in [5.41, 5.74) is 0.